The van der Waals surface area contributed by atoms with Crippen LogP contribution in [0.1, 0.15) is 0 Å². The number of nitrogen functional groups attached to an aromatic ring is 1. The molecule has 0 aliphatic carbocycles. The number of halogens is 3. The average molecular weight is 407 g/mol. The van der Waals surface area contributed by atoms with Gasteiger partial charge >= 0.3 is 0 Å². The van der Waals surface area contributed by atoms with Crippen molar-refractivity contribution in [3.63, 3.8) is 0 Å². The van der Waals surface area contributed by atoms with Gasteiger partial charge in [0.1, 0.15) is 29.3 Å². The van der Waals surface area contributed by atoms with E-state index in [0.717, 1.165) is 0 Å². The van der Waals surface area contributed by atoms with Gasteiger partial charge in [0.05, 0.1) is 32.3 Å². The molecule has 0 aliphatic rings. The van der Waals surface area contributed by atoms with Crippen molar-refractivity contribution in [2.24, 2.45) is 0 Å². The van der Waals surface area contributed by atoms with Crippen molar-refractivity contribution in [1.82, 2.24) is 24.9 Å². The van der Waals surface area contributed by atoms with Gasteiger partial charge in [-0.05, 0) is 12.1 Å². The van der Waals surface area contributed by atoms with E-state index in [0.29, 0.717) is 54.9 Å². The molecule has 10 heteroatoms. The Bertz CT molecular complexity index is 1110. The summed E-state index contributed by atoms with van der Waals surface area (Å²) in [6, 6.07) is 6.82. The van der Waals surface area contributed by atoms with Crippen LogP contribution in [0.15, 0.2) is 36.8 Å². The van der Waals surface area contributed by atoms with Gasteiger partial charge in [-0.25, -0.2) is 19.9 Å². The first-order chi connectivity index (χ1) is 12.5. The maximum absolute atomic E-state index is 6.28. The second-order valence-corrected chi connectivity index (χ2v) is 6.54. The number of rotatable bonds is 3. The first-order valence-electron chi connectivity index (χ1n) is 7.36. The van der Waals surface area contributed by atoms with Crippen LogP contribution in [0.25, 0.3) is 22.4 Å². The van der Waals surface area contributed by atoms with E-state index in [1.165, 1.54) is 12.5 Å². The molecule has 0 saturated carbocycles. The summed E-state index contributed by atoms with van der Waals surface area (Å²) in [5.74, 6) is 1.75. The van der Waals surface area contributed by atoms with Gasteiger partial charge in [0.15, 0.2) is 5.82 Å². The lowest BCUT2D eigenvalue weighted by atomic mass is 10.2. The van der Waals surface area contributed by atoms with E-state index in [1.807, 2.05) is 0 Å². The van der Waals surface area contributed by atoms with E-state index >= 15 is 0 Å². The van der Waals surface area contributed by atoms with E-state index in [-0.39, 0.29) is 0 Å². The topological polar surface area (TPSA) is 105 Å². The van der Waals surface area contributed by atoms with Crippen molar-refractivity contribution >= 4 is 63.3 Å². The van der Waals surface area contributed by atoms with E-state index in [2.05, 4.69) is 30.2 Å². The average Bonchev–Trinajstić information content (AvgIpc) is 3.03. The number of nitrogens with one attached hydrogen (secondary N) is 2. The molecule has 0 aliphatic heterocycles. The molecule has 4 aromatic rings. The molecule has 4 rings (SSSR count). The number of fused-ring (bicyclic) bond motifs is 1. The molecule has 0 fully saturated rings. The van der Waals surface area contributed by atoms with Crippen molar-refractivity contribution < 1.29 is 0 Å². The van der Waals surface area contributed by atoms with Gasteiger partial charge in [-0.15, -0.1) is 0 Å². The SMILES string of the molecule is Nc1cc(Nc2ncc(Cl)c3[nH]c(-c4c(Cl)cccc4Cl)nc23)ncn1. The van der Waals surface area contributed by atoms with Crippen molar-refractivity contribution in [3.8, 4) is 11.4 Å². The lowest BCUT2D eigenvalue weighted by Gasteiger charge is -2.05. The van der Waals surface area contributed by atoms with E-state index in [9.17, 15) is 0 Å². The summed E-state index contributed by atoms with van der Waals surface area (Å²) >= 11 is 18.8. The van der Waals surface area contributed by atoms with Crippen molar-refractivity contribution in [3.05, 3.63) is 51.9 Å². The zero-order valence-corrected chi connectivity index (χ0v) is 15.2. The molecule has 130 valence electrons. The zero-order valence-electron chi connectivity index (χ0n) is 13.0. The highest BCUT2D eigenvalue weighted by molar-refractivity contribution is 6.39. The molecule has 3 aromatic heterocycles. The molecule has 7 nitrogen and oxygen atoms in total. The second kappa shape index (κ2) is 6.60. The molecular formula is C16H10Cl3N7. The van der Waals surface area contributed by atoms with Crippen LogP contribution in [0.2, 0.25) is 15.1 Å². The molecule has 0 radical (unpaired) electrons. The minimum absolute atomic E-state index is 0.332. The molecular weight excluding hydrogens is 397 g/mol. The first kappa shape index (κ1) is 16.8. The number of nitrogens with zero attached hydrogens (tertiary/aromatic N) is 4. The molecule has 1 aromatic carbocycles. The fourth-order valence-corrected chi connectivity index (χ4v) is 3.22. The summed E-state index contributed by atoms with van der Waals surface area (Å²) in [5, 5.41) is 4.41. The molecule has 26 heavy (non-hydrogen) atoms. The van der Waals surface area contributed by atoms with Gasteiger partial charge in [-0.2, -0.15) is 0 Å². The highest BCUT2D eigenvalue weighted by atomic mass is 35.5. The van der Waals surface area contributed by atoms with Crippen LogP contribution >= 0.6 is 34.8 Å². The van der Waals surface area contributed by atoms with Crippen molar-refractivity contribution in [2.45, 2.75) is 0 Å². The minimum Gasteiger partial charge on any atom is -0.384 e. The largest absolute Gasteiger partial charge is 0.384 e. The standard InChI is InChI=1S/C16H10Cl3N7/c17-7-2-1-3-8(18)12(7)15-25-13-9(19)5-21-16(14(13)26-15)24-11-4-10(20)22-6-23-11/h1-6H,(H,25,26)(H3,20,21,22,23,24). The normalized spacial score (nSPS) is 11.0. The Hall–Kier alpha value is -2.61. The Morgan fingerprint density at radius 2 is 1.77 bits per heavy atom. The third-order valence-corrected chi connectivity index (χ3v) is 4.52. The van der Waals surface area contributed by atoms with Crippen LogP contribution in [-0.4, -0.2) is 24.9 Å². The van der Waals surface area contributed by atoms with E-state index < -0.39 is 0 Å². The third-order valence-electron chi connectivity index (χ3n) is 3.61. The maximum atomic E-state index is 6.28. The molecule has 3 heterocycles. The predicted octanol–water partition coefficient (Wildman–Crippen LogP) is 4.70. The molecule has 0 unspecified atom stereocenters. The molecule has 0 atom stereocenters. The smallest absolute Gasteiger partial charge is 0.159 e. The van der Waals surface area contributed by atoms with Gasteiger partial charge in [-0.3, -0.25) is 0 Å². The summed E-state index contributed by atoms with van der Waals surface area (Å²) in [6.07, 6.45) is 2.86. The number of hydrogen-bond acceptors (Lipinski definition) is 6. The zero-order chi connectivity index (χ0) is 18.3. The van der Waals surface area contributed by atoms with Gasteiger partial charge < -0.3 is 16.0 Å². The monoisotopic (exact) mass is 405 g/mol. The fourth-order valence-electron chi connectivity index (χ4n) is 2.46. The molecule has 4 N–H and O–H groups in total. The number of benzene rings is 1. The Kier molecular flexibility index (Phi) is 4.28. The number of pyridine rings is 1. The molecule has 0 saturated heterocycles. The Balaban J connectivity index is 1.86. The Morgan fingerprint density at radius 3 is 2.50 bits per heavy atom. The maximum Gasteiger partial charge on any atom is 0.159 e. The quantitative estimate of drug-likeness (QED) is 0.455. The van der Waals surface area contributed by atoms with Crippen LogP contribution in [0.5, 0.6) is 0 Å². The number of aromatic amines is 1. The van der Waals surface area contributed by atoms with Crippen LogP contribution in [-0.2, 0) is 0 Å². The van der Waals surface area contributed by atoms with Crippen LogP contribution in [0, 0.1) is 0 Å². The van der Waals surface area contributed by atoms with Crippen LogP contribution < -0.4 is 11.1 Å². The summed E-state index contributed by atoms with van der Waals surface area (Å²) in [5.41, 5.74) is 7.37. The highest BCUT2D eigenvalue weighted by Gasteiger charge is 2.17. The summed E-state index contributed by atoms with van der Waals surface area (Å²) in [4.78, 5) is 20.0. The number of nitrogens with two attached hydrogens (primary N) is 1. The third kappa shape index (κ3) is 3.01. The summed E-state index contributed by atoms with van der Waals surface area (Å²) in [6.45, 7) is 0. The molecule has 0 spiro atoms. The summed E-state index contributed by atoms with van der Waals surface area (Å²) in [7, 11) is 0. The number of aromatic nitrogens is 5. The van der Waals surface area contributed by atoms with Gasteiger partial charge in [0, 0.05) is 6.07 Å². The Labute approximate surface area is 162 Å². The Morgan fingerprint density at radius 1 is 1.00 bits per heavy atom. The molecule has 0 bridgehead atoms. The number of imidazole rings is 1. The lowest BCUT2D eigenvalue weighted by Crippen LogP contribution is -1.99. The minimum atomic E-state index is 0.332. The summed E-state index contributed by atoms with van der Waals surface area (Å²) < 4.78 is 0. The molecule has 0 amide bonds. The lowest BCUT2D eigenvalue weighted by molar-refractivity contribution is 1.17. The fraction of sp³-hybridized carbons (Fsp3) is 0. The van der Waals surface area contributed by atoms with Gasteiger partial charge in [0.2, 0.25) is 0 Å². The first-order valence-corrected chi connectivity index (χ1v) is 8.49. The number of anilines is 3. The number of H-pyrrole nitrogens is 1. The second-order valence-electron chi connectivity index (χ2n) is 5.31. The van der Waals surface area contributed by atoms with Gasteiger partial charge in [0.25, 0.3) is 0 Å². The van der Waals surface area contributed by atoms with Gasteiger partial charge in [-0.1, -0.05) is 40.9 Å². The van der Waals surface area contributed by atoms with E-state index in [1.54, 1.807) is 24.3 Å². The van der Waals surface area contributed by atoms with Crippen LogP contribution in [0.4, 0.5) is 17.5 Å². The number of hydrogen-bond donors (Lipinski definition) is 3. The van der Waals surface area contributed by atoms with Crippen LogP contribution in [0.3, 0.4) is 0 Å². The highest BCUT2D eigenvalue weighted by Crippen LogP contribution is 2.36. The van der Waals surface area contributed by atoms with Crippen molar-refractivity contribution in [2.75, 3.05) is 11.1 Å². The van der Waals surface area contributed by atoms with Crippen molar-refractivity contribution in [1.29, 1.82) is 0 Å². The van der Waals surface area contributed by atoms with E-state index in [4.69, 9.17) is 40.5 Å². The predicted molar refractivity (Wildman–Crippen MR) is 104 cm³/mol.